The van der Waals surface area contributed by atoms with E-state index in [9.17, 15) is 4.79 Å². The first-order valence-electron chi connectivity index (χ1n) is 4.42. The topological polar surface area (TPSA) is 41.6 Å². The second-order valence-electron chi connectivity index (χ2n) is 3.09. The molecule has 1 atom stereocenters. The normalized spacial score (nSPS) is 22.4. The summed E-state index contributed by atoms with van der Waals surface area (Å²) in [7, 11) is 1.76. The van der Waals surface area contributed by atoms with E-state index in [1.807, 2.05) is 0 Å². The number of morpholine rings is 1. The van der Waals surface area contributed by atoms with Crippen LogP contribution >= 0.6 is 0 Å². The zero-order valence-electron chi connectivity index (χ0n) is 7.95. The summed E-state index contributed by atoms with van der Waals surface area (Å²) in [6.45, 7) is 6.07. The molecule has 0 aliphatic carbocycles. The third kappa shape index (κ3) is 2.82. The highest BCUT2D eigenvalue weighted by molar-refractivity contribution is 5.82. The molecule has 4 nitrogen and oxygen atoms in total. The lowest BCUT2D eigenvalue weighted by atomic mass is 10.2. The Morgan fingerprint density at radius 2 is 2.62 bits per heavy atom. The van der Waals surface area contributed by atoms with E-state index in [0.29, 0.717) is 19.8 Å². The summed E-state index contributed by atoms with van der Waals surface area (Å²) in [5.41, 5.74) is 0. The number of nitrogens with one attached hydrogen (secondary N) is 1. The molecule has 1 aliphatic heterocycles. The van der Waals surface area contributed by atoms with E-state index in [1.54, 1.807) is 18.0 Å². The fourth-order valence-corrected chi connectivity index (χ4v) is 1.27. The minimum absolute atomic E-state index is 0.0691. The smallest absolute Gasteiger partial charge is 0.242 e. The highest BCUT2D eigenvalue weighted by Crippen LogP contribution is 1.97. The molecule has 1 aliphatic rings. The first-order valence-corrected chi connectivity index (χ1v) is 4.42. The van der Waals surface area contributed by atoms with Crippen LogP contribution in [0.2, 0.25) is 0 Å². The molecule has 1 N–H and O–H groups in total. The number of likely N-dealkylation sites (N-methyl/N-ethyl adjacent to an activating group) is 1. The molecule has 0 aromatic heterocycles. The highest BCUT2D eigenvalue weighted by Gasteiger charge is 2.23. The summed E-state index contributed by atoms with van der Waals surface area (Å²) in [6.07, 6.45) is 1.71. The van der Waals surface area contributed by atoms with Gasteiger partial charge in [0.2, 0.25) is 5.91 Å². The van der Waals surface area contributed by atoms with Crippen LogP contribution < -0.4 is 5.32 Å². The molecule has 0 spiro atoms. The van der Waals surface area contributed by atoms with Gasteiger partial charge in [-0.3, -0.25) is 4.79 Å². The Balaban J connectivity index is 2.40. The van der Waals surface area contributed by atoms with Gasteiger partial charge in [0.25, 0.3) is 0 Å². The molecule has 1 fully saturated rings. The highest BCUT2D eigenvalue weighted by atomic mass is 16.5. The van der Waals surface area contributed by atoms with Crippen LogP contribution in [-0.2, 0) is 9.53 Å². The molecule has 0 aromatic carbocycles. The van der Waals surface area contributed by atoms with Crippen molar-refractivity contribution in [1.29, 1.82) is 0 Å². The molecule has 1 rings (SSSR count). The average molecular weight is 184 g/mol. The van der Waals surface area contributed by atoms with E-state index in [0.717, 1.165) is 6.54 Å². The van der Waals surface area contributed by atoms with Crippen molar-refractivity contribution < 1.29 is 9.53 Å². The summed E-state index contributed by atoms with van der Waals surface area (Å²) in [5, 5.41) is 3.11. The number of ether oxygens (including phenoxy) is 1. The Kier molecular flexibility index (Phi) is 3.92. The molecule has 1 unspecified atom stereocenters. The Labute approximate surface area is 78.5 Å². The number of nitrogens with zero attached hydrogens (tertiary/aromatic N) is 1. The van der Waals surface area contributed by atoms with Gasteiger partial charge in [0.05, 0.1) is 13.2 Å². The van der Waals surface area contributed by atoms with Crippen molar-refractivity contribution in [3.05, 3.63) is 12.7 Å². The quantitative estimate of drug-likeness (QED) is 0.608. The van der Waals surface area contributed by atoms with Gasteiger partial charge < -0.3 is 15.0 Å². The van der Waals surface area contributed by atoms with Crippen molar-refractivity contribution >= 4 is 5.91 Å². The zero-order valence-corrected chi connectivity index (χ0v) is 7.95. The van der Waals surface area contributed by atoms with E-state index in [2.05, 4.69) is 11.9 Å². The second-order valence-corrected chi connectivity index (χ2v) is 3.09. The van der Waals surface area contributed by atoms with Gasteiger partial charge >= 0.3 is 0 Å². The maximum atomic E-state index is 11.6. The molecule has 0 saturated carbocycles. The summed E-state index contributed by atoms with van der Waals surface area (Å²) < 4.78 is 5.20. The molecule has 0 radical (unpaired) electrons. The van der Waals surface area contributed by atoms with Crippen LogP contribution in [0.1, 0.15) is 0 Å². The molecule has 0 aromatic rings. The maximum Gasteiger partial charge on any atom is 0.242 e. The van der Waals surface area contributed by atoms with Crippen LogP contribution in [-0.4, -0.2) is 50.2 Å². The Morgan fingerprint density at radius 3 is 3.15 bits per heavy atom. The lowest BCUT2D eigenvalue weighted by Crippen LogP contribution is -2.51. The predicted octanol–water partition coefficient (Wildman–Crippen LogP) is -0.381. The van der Waals surface area contributed by atoms with Crippen LogP contribution in [0.4, 0.5) is 0 Å². The number of rotatable bonds is 3. The number of carbonyl (C=O) groups is 1. The van der Waals surface area contributed by atoms with Crippen molar-refractivity contribution in [3.63, 3.8) is 0 Å². The SMILES string of the molecule is C=CCN(C)C(=O)C1COCCN1. The van der Waals surface area contributed by atoms with Crippen LogP contribution in [0.15, 0.2) is 12.7 Å². The molecule has 4 heteroatoms. The Hall–Kier alpha value is -0.870. The van der Waals surface area contributed by atoms with E-state index in [1.165, 1.54) is 0 Å². The van der Waals surface area contributed by atoms with Crippen molar-refractivity contribution in [2.75, 3.05) is 33.4 Å². The lowest BCUT2D eigenvalue weighted by molar-refractivity contribution is -0.134. The van der Waals surface area contributed by atoms with Crippen molar-refractivity contribution in [2.45, 2.75) is 6.04 Å². The van der Waals surface area contributed by atoms with Crippen LogP contribution in [0, 0.1) is 0 Å². The summed E-state index contributed by atoms with van der Waals surface area (Å²) >= 11 is 0. The molecule has 0 bridgehead atoms. The maximum absolute atomic E-state index is 11.6. The van der Waals surface area contributed by atoms with Crippen molar-refractivity contribution in [2.24, 2.45) is 0 Å². The van der Waals surface area contributed by atoms with E-state index in [4.69, 9.17) is 4.74 Å². The summed E-state index contributed by atoms with van der Waals surface area (Å²) in [4.78, 5) is 13.3. The van der Waals surface area contributed by atoms with E-state index >= 15 is 0 Å². The fourth-order valence-electron chi connectivity index (χ4n) is 1.27. The molecular weight excluding hydrogens is 168 g/mol. The fraction of sp³-hybridized carbons (Fsp3) is 0.667. The zero-order chi connectivity index (χ0) is 9.68. The largest absolute Gasteiger partial charge is 0.378 e. The number of hydrogen-bond donors (Lipinski definition) is 1. The Bertz CT molecular complexity index is 188. The monoisotopic (exact) mass is 184 g/mol. The minimum Gasteiger partial charge on any atom is -0.378 e. The summed E-state index contributed by atoms with van der Waals surface area (Å²) in [5.74, 6) is 0.0691. The van der Waals surface area contributed by atoms with E-state index < -0.39 is 0 Å². The second kappa shape index (κ2) is 4.99. The van der Waals surface area contributed by atoms with Crippen LogP contribution in [0.25, 0.3) is 0 Å². The lowest BCUT2D eigenvalue weighted by Gasteiger charge is -2.26. The van der Waals surface area contributed by atoms with Gasteiger partial charge in [0.15, 0.2) is 0 Å². The van der Waals surface area contributed by atoms with E-state index in [-0.39, 0.29) is 11.9 Å². The molecule has 1 saturated heterocycles. The number of amides is 1. The first-order chi connectivity index (χ1) is 6.25. The van der Waals surface area contributed by atoms with Crippen molar-refractivity contribution in [3.8, 4) is 0 Å². The van der Waals surface area contributed by atoms with Gasteiger partial charge in [-0.15, -0.1) is 6.58 Å². The molecular formula is C9H16N2O2. The molecule has 13 heavy (non-hydrogen) atoms. The Morgan fingerprint density at radius 1 is 1.85 bits per heavy atom. The first kappa shape index (κ1) is 10.2. The number of hydrogen-bond acceptors (Lipinski definition) is 3. The van der Waals surface area contributed by atoms with Crippen LogP contribution in [0.5, 0.6) is 0 Å². The van der Waals surface area contributed by atoms with Gasteiger partial charge in [0, 0.05) is 20.1 Å². The third-order valence-electron chi connectivity index (χ3n) is 2.00. The van der Waals surface area contributed by atoms with Gasteiger partial charge in [-0.25, -0.2) is 0 Å². The summed E-state index contributed by atoms with van der Waals surface area (Å²) in [6, 6.07) is -0.182. The average Bonchev–Trinajstić information content (AvgIpc) is 2.18. The molecule has 74 valence electrons. The number of carbonyl (C=O) groups excluding carboxylic acids is 1. The predicted molar refractivity (Wildman–Crippen MR) is 50.4 cm³/mol. The van der Waals surface area contributed by atoms with Gasteiger partial charge in [0.1, 0.15) is 6.04 Å². The minimum atomic E-state index is -0.182. The third-order valence-corrected chi connectivity index (χ3v) is 2.00. The molecule has 1 heterocycles. The van der Waals surface area contributed by atoms with Gasteiger partial charge in [-0.2, -0.15) is 0 Å². The van der Waals surface area contributed by atoms with Gasteiger partial charge in [-0.05, 0) is 0 Å². The van der Waals surface area contributed by atoms with Crippen LogP contribution in [0.3, 0.4) is 0 Å². The van der Waals surface area contributed by atoms with Crippen molar-refractivity contribution in [1.82, 2.24) is 10.2 Å². The molecule has 1 amide bonds. The van der Waals surface area contributed by atoms with Gasteiger partial charge in [-0.1, -0.05) is 6.08 Å². The standard InChI is InChI=1S/C9H16N2O2/c1-3-5-11(2)9(12)8-7-13-6-4-10-8/h3,8,10H,1,4-7H2,2H3.